The van der Waals surface area contributed by atoms with Crippen LogP contribution in [0.2, 0.25) is 10.0 Å². The lowest BCUT2D eigenvalue weighted by Crippen LogP contribution is -2.12. The number of hydrogen-bond acceptors (Lipinski definition) is 2. The molecule has 0 fully saturated rings. The minimum absolute atomic E-state index is 0.282. The SMILES string of the molecule is CC(C#N)Nc1cc(Cl)ccc1Cl. The van der Waals surface area contributed by atoms with E-state index in [1.54, 1.807) is 25.1 Å². The number of nitriles is 1. The Morgan fingerprint density at radius 2 is 2.15 bits per heavy atom. The molecule has 68 valence electrons. The van der Waals surface area contributed by atoms with Gasteiger partial charge in [0.1, 0.15) is 6.04 Å². The normalized spacial score (nSPS) is 11.8. The first-order valence-corrected chi connectivity index (χ1v) is 4.50. The van der Waals surface area contributed by atoms with Crippen LogP contribution < -0.4 is 5.32 Å². The highest BCUT2D eigenvalue weighted by Gasteiger charge is 2.04. The summed E-state index contributed by atoms with van der Waals surface area (Å²) in [5.41, 5.74) is 0.684. The van der Waals surface area contributed by atoms with Gasteiger partial charge in [0.25, 0.3) is 0 Å². The van der Waals surface area contributed by atoms with Crippen LogP contribution in [0.5, 0.6) is 0 Å². The molecule has 13 heavy (non-hydrogen) atoms. The molecular weight excluding hydrogens is 207 g/mol. The summed E-state index contributed by atoms with van der Waals surface area (Å²) in [6, 6.07) is 6.85. The van der Waals surface area contributed by atoms with Crippen LogP contribution in [0.15, 0.2) is 18.2 Å². The fraction of sp³-hybridized carbons (Fsp3) is 0.222. The number of halogens is 2. The maximum absolute atomic E-state index is 8.57. The Bertz CT molecular complexity index is 344. The minimum atomic E-state index is -0.282. The van der Waals surface area contributed by atoms with Gasteiger partial charge < -0.3 is 5.32 Å². The van der Waals surface area contributed by atoms with E-state index in [0.29, 0.717) is 15.7 Å². The van der Waals surface area contributed by atoms with Crippen LogP contribution in [0, 0.1) is 11.3 Å². The molecule has 1 aromatic carbocycles. The summed E-state index contributed by atoms with van der Waals surface area (Å²) >= 11 is 11.6. The molecule has 0 bridgehead atoms. The Hall–Kier alpha value is -0.910. The molecule has 4 heteroatoms. The van der Waals surface area contributed by atoms with Gasteiger partial charge in [-0.25, -0.2) is 0 Å². The quantitative estimate of drug-likeness (QED) is 0.821. The van der Waals surface area contributed by atoms with Gasteiger partial charge in [0.2, 0.25) is 0 Å². The summed E-state index contributed by atoms with van der Waals surface area (Å²) in [4.78, 5) is 0. The molecule has 0 heterocycles. The molecule has 0 radical (unpaired) electrons. The van der Waals surface area contributed by atoms with E-state index in [1.807, 2.05) is 6.07 Å². The molecule has 2 nitrogen and oxygen atoms in total. The molecular formula is C9H8Cl2N2. The van der Waals surface area contributed by atoms with E-state index in [0.717, 1.165) is 0 Å². The highest BCUT2D eigenvalue weighted by atomic mass is 35.5. The standard InChI is InChI=1S/C9H8Cl2N2/c1-6(5-12)13-9-4-7(10)2-3-8(9)11/h2-4,6,13H,1H3. The molecule has 0 aliphatic carbocycles. The van der Waals surface area contributed by atoms with E-state index in [4.69, 9.17) is 28.5 Å². The van der Waals surface area contributed by atoms with E-state index in [-0.39, 0.29) is 6.04 Å². The van der Waals surface area contributed by atoms with Crippen molar-refractivity contribution >= 4 is 28.9 Å². The molecule has 1 aromatic rings. The third-order valence-corrected chi connectivity index (χ3v) is 2.06. The van der Waals surface area contributed by atoms with Gasteiger partial charge in [0.05, 0.1) is 16.8 Å². The van der Waals surface area contributed by atoms with Gasteiger partial charge in [-0.2, -0.15) is 5.26 Å². The van der Waals surface area contributed by atoms with Crippen LogP contribution in [-0.2, 0) is 0 Å². The van der Waals surface area contributed by atoms with Crippen LogP contribution in [0.3, 0.4) is 0 Å². The third-order valence-electron chi connectivity index (χ3n) is 1.49. The number of nitrogens with zero attached hydrogens (tertiary/aromatic N) is 1. The van der Waals surface area contributed by atoms with Crippen molar-refractivity contribution in [3.05, 3.63) is 28.2 Å². The fourth-order valence-corrected chi connectivity index (χ4v) is 1.22. The minimum Gasteiger partial charge on any atom is -0.369 e. The first-order chi connectivity index (χ1) is 6.13. The van der Waals surface area contributed by atoms with Gasteiger partial charge in [-0.3, -0.25) is 0 Å². The lowest BCUT2D eigenvalue weighted by molar-refractivity contribution is 1.01. The zero-order chi connectivity index (χ0) is 9.84. The summed E-state index contributed by atoms with van der Waals surface area (Å²) in [6.45, 7) is 1.75. The molecule has 0 aliphatic rings. The zero-order valence-electron chi connectivity index (χ0n) is 7.01. The third kappa shape index (κ3) is 2.80. The van der Waals surface area contributed by atoms with Gasteiger partial charge >= 0.3 is 0 Å². The van der Waals surface area contributed by atoms with Crippen LogP contribution >= 0.6 is 23.2 Å². The molecule has 1 atom stereocenters. The average Bonchev–Trinajstić information content (AvgIpc) is 2.11. The van der Waals surface area contributed by atoms with Crippen LogP contribution in [0.25, 0.3) is 0 Å². The first-order valence-electron chi connectivity index (χ1n) is 3.74. The Morgan fingerprint density at radius 1 is 1.46 bits per heavy atom. The molecule has 0 aromatic heterocycles. The second-order valence-electron chi connectivity index (χ2n) is 2.62. The molecule has 0 saturated carbocycles. The second kappa shape index (κ2) is 4.36. The van der Waals surface area contributed by atoms with Crippen molar-refractivity contribution in [2.24, 2.45) is 0 Å². The molecule has 0 spiro atoms. The number of anilines is 1. The Balaban J connectivity index is 2.88. The maximum Gasteiger partial charge on any atom is 0.111 e. The summed E-state index contributed by atoms with van der Waals surface area (Å²) in [6.07, 6.45) is 0. The number of rotatable bonds is 2. The predicted octanol–water partition coefficient (Wildman–Crippen LogP) is 3.32. The van der Waals surface area contributed by atoms with Crippen molar-refractivity contribution in [3.8, 4) is 6.07 Å². The Morgan fingerprint density at radius 3 is 2.77 bits per heavy atom. The van der Waals surface area contributed by atoms with Gasteiger partial charge in [-0.15, -0.1) is 0 Å². The summed E-state index contributed by atoms with van der Waals surface area (Å²) in [7, 11) is 0. The lowest BCUT2D eigenvalue weighted by atomic mass is 10.3. The topological polar surface area (TPSA) is 35.8 Å². The summed E-state index contributed by atoms with van der Waals surface area (Å²) in [5, 5.41) is 12.6. The zero-order valence-corrected chi connectivity index (χ0v) is 8.52. The lowest BCUT2D eigenvalue weighted by Gasteiger charge is -2.09. The van der Waals surface area contributed by atoms with Gasteiger partial charge in [0, 0.05) is 5.02 Å². The van der Waals surface area contributed by atoms with Crippen LogP contribution in [-0.4, -0.2) is 6.04 Å². The Labute approximate surface area is 87.1 Å². The second-order valence-corrected chi connectivity index (χ2v) is 3.46. The van der Waals surface area contributed by atoms with E-state index in [2.05, 4.69) is 5.32 Å². The summed E-state index contributed by atoms with van der Waals surface area (Å²) < 4.78 is 0. The smallest absolute Gasteiger partial charge is 0.111 e. The van der Waals surface area contributed by atoms with E-state index >= 15 is 0 Å². The van der Waals surface area contributed by atoms with E-state index in [1.165, 1.54) is 0 Å². The van der Waals surface area contributed by atoms with Crippen LogP contribution in [0.4, 0.5) is 5.69 Å². The van der Waals surface area contributed by atoms with Crippen molar-refractivity contribution in [2.75, 3.05) is 5.32 Å². The molecule has 1 N–H and O–H groups in total. The number of benzene rings is 1. The highest BCUT2D eigenvalue weighted by Crippen LogP contribution is 2.25. The number of hydrogen-bond donors (Lipinski definition) is 1. The predicted molar refractivity (Wildman–Crippen MR) is 55.2 cm³/mol. The molecule has 1 rings (SSSR count). The van der Waals surface area contributed by atoms with Crippen molar-refractivity contribution in [1.29, 1.82) is 5.26 Å². The van der Waals surface area contributed by atoms with Crippen molar-refractivity contribution in [3.63, 3.8) is 0 Å². The average molecular weight is 215 g/mol. The molecule has 0 saturated heterocycles. The maximum atomic E-state index is 8.57. The highest BCUT2D eigenvalue weighted by molar-refractivity contribution is 6.35. The largest absolute Gasteiger partial charge is 0.369 e. The monoisotopic (exact) mass is 214 g/mol. The first kappa shape index (κ1) is 10.2. The van der Waals surface area contributed by atoms with Gasteiger partial charge in [-0.05, 0) is 25.1 Å². The van der Waals surface area contributed by atoms with Crippen molar-refractivity contribution < 1.29 is 0 Å². The van der Waals surface area contributed by atoms with Crippen molar-refractivity contribution in [1.82, 2.24) is 0 Å². The molecule has 0 amide bonds. The van der Waals surface area contributed by atoms with Gasteiger partial charge in [-0.1, -0.05) is 23.2 Å². The van der Waals surface area contributed by atoms with E-state index in [9.17, 15) is 0 Å². The van der Waals surface area contributed by atoms with Gasteiger partial charge in [0.15, 0.2) is 0 Å². The van der Waals surface area contributed by atoms with Crippen LogP contribution in [0.1, 0.15) is 6.92 Å². The Kier molecular flexibility index (Phi) is 3.41. The fourth-order valence-electron chi connectivity index (χ4n) is 0.874. The summed E-state index contributed by atoms with van der Waals surface area (Å²) in [5.74, 6) is 0. The molecule has 1 unspecified atom stereocenters. The molecule has 0 aliphatic heterocycles. The van der Waals surface area contributed by atoms with Crippen molar-refractivity contribution in [2.45, 2.75) is 13.0 Å². The number of nitrogens with one attached hydrogen (secondary N) is 1. The van der Waals surface area contributed by atoms with E-state index < -0.39 is 0 Å².